The van der Waals surface area contributed by atoms with E-state index in [1.165, 1.54) is 55.4 Å². The lowest BCUT2D eigenvalue weighted by atomic mass is 10.2. The summed E-state index contributed by atoms with van der Waals surface area (Å²) in [4.78, 5) is 8.23. The van der Waals surface area contributed by atoms with E-state index in [0.717, 1.165) is 12.6 Å². The minimum Gasteiger partial charge on any atom is -0.315 e. The van der Waals surface area contributed by atoms with Crippen molar-refractivity contribution in [3.8, 4) is 0 Å². The van der Waals surface area contributed by atoms with Gasteiger partial charge in [0.25, 0.3) is 0 Å². The number of nitrogens with one attached hydrogen (secondary N) is 1. The van der Waals surface area contributed by atoms with E-state index in [1.807, 2.05) is 11.3 Å². The van der Waals surface area contributed by atoms with E-state index in [-0.39, 0.29) is 12.4 Å². The molecule has 0 saturated carbocycles. The Kier molecular flexibility index (Phi) is 5.66. The smallest absolute Gasteiger partial charge is 0.0329 e. The number of hydrogen-bond donors (Lipinski definition) is 1. The Hall–Kier alpha value is -0.130. The summed E-state index contributed by atoms with van der Waals surface area (Å²) < 4.78 is 0. The summed E-state index contributed by atoms with van der Waals surface area (Å²) in [5.41, 5.74) is 0. The first kappa shape index (κ1) is 15.3. The van der Waals surface area contributed by atoms with Crippen LogP contribution in [-0.4, -0.2) is 55.1 Å². The molecule has 3 heterocycles. The Bertz CT molecular complexity index is 382. The average Bonchev–Trinajstić information content (AvgIpc) is 3.02. The van der Waals surface area contributed by atoms with Crippen molar-refractivity contribution in [3.05, 3.63) is 21.9 Å². The lowest BCUT2D eigenvalue weighted by Crippen LogP contribution is -2.50. The number of hydrogen-bond acceptors (Lipinski definition) is 4. The number of rotatable bonds is 3. The molecule has 3 rings (SSSR count). The molecule has 0 amide bonds. The molecule has 1 aromatic rings. The van der Waals surface area contributed by atoms with Crippen molar-refractivity contribution in [3.63, 3.8) is 0 Å². The van der Waals surface area contributed by atoms with E-state index in [9.17, 15) is 0 Å². The van der Waals surface area contributed by atoms with Crippen molar-refractivity contribution in [2.24, 2.45) is 0 Å². The van der Waals surface area contributed by atoms with Crippen LogP contribution >= 0.6 is 23.7 Å². The zero-order valence-corrected chi connectivity index (χ0v) is 13.2. The fourth-order valence-electron chi connectivity index (χ4n) is 3.03. The summed E-state index contributed by atoms with van der Waals surface area (Å²) in [5, 5.41) is 3.47. The van der Waals surface area contributed by atoms with Gasteiger partial charge in [-0.05, 0) is 32.0 Å². The molecule has 0 bridgehead atoms. The molecule has 2 aliphatic heterocycles. The second-order valence-corrected chi connectivity index (χ2v) is 6.84. The Labute approximate surface area is 126 Å². The van der Waals surface area contributed by atoms with Gasteiger partial charge in [0.05, 0.1) is 0 Å². The van der Waals surface area contributed by atoms with Crippen molar-refractivity contribution in [1.29, 1.82) is 0 Å². The van der Waals surface area contributed by atoms with E-state index < -0.39 is 0 Å². The van der Waals surface area contributed by atoms with Gasteiger partial charge in [-0.1, -0.05) is 0 Å². The average molecular weight is 302 g/mol. The summed E-state index contributed by atoms with van der Waals surface area (Å²) in [6.07, 6.45) is 1.34. The van der Waals surface area contributed by atoms with Crippen LogP contribution in [0.15, 0.2) is 12.1 Å². The summed E-state index contributed by atoms with van der Waals surface area (Å²) >= 11 is 1.94. The molecular formula is C14H24ClN3S. The first-order chi connectivity index (χ1) is 8.81. The molecule has 2 fully saturated rings. The zero-order valence-electron chi connectivity index (χ0n) is 11.6. The van der Waals surface area contributed by atoms with Crippen LogP contribution in [0.2, 0.25) is 0 Å². The molecule has 0 aromatic carbocycles. The fraction of sp³-hybridized carbons (Fsp3) is 0.714. The zero-order chi connectivity index (χ0) is 12.4. The quantitative estimate of drug-likeness (QED) is 0.921. The van der Waals surface area contributed by atoms with Crippen LogP contribution < -0.4 is 5.32 Å². The van der Waals surface area contributed by atoms with E-state index in [1.54, 1.807) is 0 Å². The molecule has 108 valence electrons. The normalized spacial score (nSPS) is 25.4. The van der Waals surface area contributed by atoms with Gasteiger partial charge in [-0.25, -0.2) is 0 Å². The van der Waals surface area contributed by atoms with E-state index in [4.69, 9.17) is 0 Å². The SMILES string of the molecule is Cc1ccc(CN2CCN(C3CCNC3)CC2)s1.Cl. The highest BCUT2D eigenvalue weighted by Gasteiger charge is 2.25. The Balaban J connectivity index is 0.00000133. The Morgan fingerprint density at radius 1 is 1.26 bits per heavy atom. The molecule has 5 heteroatoms. The molecule has 2 aliphatic rings. The predicted molar refractivity (Wildman–Crippen MR) is 84.4 cm³/mol. The van der Waals surface area contributed by atoms with Gasteiger partial charge in [0.15, 0.2) is 0 Å². The number of aryl methyl sites for hydroxylation is 1. The second-order valence-electron chi connectivity index (χ2n) is 5.47. The van der Waals surface area contributed by atoms with Gasteiger partial charge in [0, 0.05) is 55.1 Å². The molecule has 1 unspecified atom stereocenters. The van der Waals surface area contributed by atoms with Gasteiger partial charge < -0.3 is 5.32 Å². The van der Waals surface area contributed by atoms with Crippen LogP contribution in [0.1, 0.15) is 16.2 Å². The standard InChI is InChI=1S/C14H23N3S.ClH/c1-12-2-3-14(18-12)11-16-6-8-17(9-7-16)13-4-5-15-10-13;/h2-3,13,15H,4-11H2,1H3;1H. The maximum Gasteiger partial charge on any atom is 0.0329 e. The number of halogens is 1. The first-order valence-corrected chi connectivity index (χ1v) is 7.85. The molecule has 3 nitrogen and oxygen atoms in total. The maximum absolute atomic E-state index is 3.47. The number of piperazine rings is 1. The Morgan fingerprint density at radius 2 is 2.05 bits per heavy atom. The first-order valence-electron chi connectivity index (χ1n) is 7.04. The topological polar surface area (TPSA) is 18.5 Å². The molecular weight excluding hydrogens is 278 g/mol. The molecule has 19 heavy (non-hydrogen) atoms. The van der Waals surface area contributed by atoms with Gasteiger partial charge in [-0.3, -0.25) is 9.80 Å². The van der Waals surface area contributed by atoms with Crippen LogP contribution in [0.3, 0.4) is 0 Å². The summed E-state index contributed by atoms with van der Waals surface area (Å²) in [5.74, 6) is 0. The summed E-state index contributed by atoms with van der Waals surface area (Å²) in [7, 11) is 0. The minimum absolute atomic E-state index is 0. The van der Waals surface area contributed by atoms with Crippen molar-refractivity contribution in [2.75, 3.05) is 39.3 Å². The third-order valence-electron chi connectivity index (χ3n) is 4.13. The third kappa shape index (κ3) is 3.92. The monoisotopic (exact) mass is 301 g/mol. The van der Waals surface area contributed by atoms with Crippen LogP contribution in [0.5, 0.6) is 0 Å². The van der Waals surface area contributed by atoms with Crippen LogP contribution in [0.25, 0.3) is 0 Å². The molecule has 1 atom stereocenters. The highest BCUT2D eigenvalue weighted by atomic mass is 35.5. The summed E-state index contributed by atoms with van der Waals surface area (Å²) in [6, 6.07) is 5.32. The number of nitrogens with zero attached hydrogens (tertiary/aromatic N) is 2. The Morgan fingerprint density at radius 3 is 2.63 bits per heavy atom. The van der Waals surface area contributed by atoms with Crippen molar-refractivity contribution in [1.82, 2.24) is 15.1 Å². The van der Waals surface area contributed by atoms with Gasteiger partial charge >= 0.3 is 0 Å². The van der Waals surface area contributed by atoms with E-state index in [0.29, 0.717) is 0 Å². The predicted octanol–water partition coefficient (Wildman–Crippen LogP) is 1.96. The van der Waals surface area contributed by atoms with Crippen LogP contribution in [0.4, 0.5) is 0 Å². The molecule has 0 aliphatic carbocycles. The summed E-state index contributed by atoms with van der Waals surface area (Å²) in [6.45, 7) is 10.7. The van der Waals surface area contributed by atoms with Crippen molar-refractivity contribution < 1.29 is 0 Å². The minimum atomic E-state index is 0. The van der Waals surface area contributed by atoms with Crippen molar-refractivity contribution in [2.45, 2.75) is 25.9 Å². The maximum atomic E-state index is 3.47. The molecule has 0 spiro atoms. The lowest BCUT2D eigenvalue weighted by molar-refractivity contribution is 0.0988. The third-order valence-corrected chi connectivity index (χ3v) is 5.12. The fourth-order valence-corrected chi connectivity index (χ4v) is 3.96. The van der Waals surface area contributed by atoms with Gasteiger partial charge in [-0.15, -0.1) is 23.7 Å². The highest BCUT2D eigenvalue weighted by molar-refractivity contribution is 7.11. The van der Waals surface area contributed by atoms with Crippen molar-refractivity contribution >= 4 is 23.7 Å². The number of thiophene rings is 1. The van der Waals surface area contributed by atoms with Crippen LogP contribution in [-0.2, 0) is 6.54 Å². The molecule has 0 radical (unpaired) electrons. The molecule has 2 saturated heterocycles. The van der Waals surface area contributed by atoms with E-state index >= 15 is 0 Å². The largest absolute Gasteiger partial charge is 0.315 e. The highest BCUT2D eigenvalue weighted by Crippen LogP contribution is 2.19. The molecule has 1 N–H and O–H groups in total. The van der Waals surface area contributed by atoms with E-state index in [2.05, 4.69) is 34.2 Å². The lowest BCUT2D eigenvalue weighted by Gasteiger charge is -2.37. The van der Waals surface area contributed by atoms with Crippen LogP contribution in [0, 0.1) is 6.92 Å². The second kappa shape index (κ2) is 7.04. The van der Waals surface area contributed by atoms with Gasteiger partial charge in [0.2, 0.25) is 0 Å². The van der Waals surface area contributed by atoms with Gasteiger partial charge in [0.1, 0.15) is 0 Å². The van der Waals surface area contributed by atoms with Gasteiger partial charge in [-0.2, -0.15) is 0 Å². The molecule has 1 aromatic heterocycles.